The van der Waals surface area contributed by atoms with Crippen molar-refractivity contribution >= 4 is 5.82 Å². The maximum Gasteiger partial charge on any atom is 0.433 e. The highest BCUT2D eigenvalue weighted by molar-refractivity contribution is 5.55. The Morgan fingerprint density at radius 2 is 2.21 bits per heavy atom. The fourth-order valence-electron chi connectivity index (χ4n) is 2.15. The summed E-state index contributed by atoms with van der Waals surface area (Å²) in [5.41, 5.74) is 4.74. The maximum atomic E-state index is 12.6. The van der Waals surface area contributed by atoms with Crippen LogP contribution < -0.4 is 10.6 Å². The highest BCUT2D eigenvalue weighted by Gasteiger charge is 2.34. The number of aromatic nitrogens is 1. The molecule has 2 rings (SSSR count). The van der Waals surface area contributed by atoms with E-state index in [0.717, 1.165) is 12.5 Å². The van der Waals surface area contributed by atoms with E-state index >= 15 is 0 Å². The van der Waals surface area contributed by atoms with Gasteiger partial charge in [0.2, 0.25) is 0 Å². The third-order valence-corrected chi connectivity index (χ3v) is 3.20. The number of hydrogen-bond donors (Lipinski definition) is 1. The lowest BCUT2D eigenvalue weighted by Gasteiger charge is -2.19. The van der Waals surface area contributed by atoms with E-state index < -0.39 is 11.9 Å². The summed E-state index contributed by atoms with van der Waals surface area (Å²) in [5.74, 6) is 0.344. The molecule has 1 atom stereocenters. The third-order valence-electron chi connectivity index (χ3n) is 3.20. The number of halogens is 3. The van der Waals surface area contributed by atoms with E-state index in [2.05, 4.69) is 4.98 Å². The molecular weight excluding hydrogens is 257 g/mol. The summed E-state index contributed by atoms with van der Waals surface area (Å²) >= 11 is 0. The summed E-state index contributed by atoms with van der Waals surface area (Å²) in [6, 6.07) is 3.88. The Bertz CT molecular complexity index is 507. The molecule has 0 amide bonds. The van der Waals surface area contributed by atoms with Gasteiger partial charge in [0.15, 0.2) is 0 Å². The van der Waals surface area contributed by atoms with E-state index in [4.69, 9.17) is 11.0 Å². The van der Waals surface area contributed by atoms with Gasteiger partial charge in [-0.25, -0.2) is 4.98 Å². The second kappa shape index (κ2) is 5.05. The third kappa shape index (κ3) is 2.79. The number of alkyl halides is 3. The van der Waals surface area contributed by atoms with Crippen LogP contribution in [0.2, 0.25) is 0 Å². The molecule has 0 spiro atoms. The Morgan fingerprint density at radius 1 is 1.47 bits per heavy atom. The average Bonchev–Trinajstić information content (AvgIpc) is 2.85. The minimum Gasteiger partial charge on any atom is -0.355 e. The molecule has 0 aliphatic carbocycles. The Kier molecular flexibility index (Phi) is 3.62. The Balaban J connectivity index is 2.35. The van der Waals surface area contributed by atoms with Crippen LogP contribution in [0.5, 0.6) is 0 Å². The molecule has 2 heterocycles. The van der Waals surface area contributed by atoms with Gasteiger partial charge >= 0.3 is 6.18 Å². The van der Waals surface area contributed by atoms with Crippen LogP contribution in [0.15, 0.2) is 12.1 Å². The summed E-state index contributed by atoms with van der Waals surface area (Å²) < 4.78 is 37.9. The van der Waals surface area contributed by atoms with Gasteiger partial charge < -0.3 is 10.6 Å². The average molecular weight is 270 g/mol. The van der Waals surface area contributed by atoms with Gasteiger partial charge in [0.1, 0.15) is 17.6 Å². The largest absolute Gasteiger partial charge is 0.433 e. The van der Waals surface area contributed by atoms with E-state index in [9.17, 15) is 13.2 Å². The lowest BCUT2D eigenvalue weighted by Crippen LogP contribution is -2.25. The van der Waals surface area contributed by atoms with Crippen molar-refractivity contribution in [2.45, 2.75) is 12.6 Å². The highest BCUT2D eigenvalue weighted by atomic mass is 19.4. The fraction of sp³-hybridized carbons (Fsp3) is 0.500. The maximum absolute atomic E-state index is 12.6. The molecule has 7 heteroatoms. The first-order valence-corrected chi connectivity index (χ1v) is 5.89. The minimum absolute atomic E-state index is 0.105. The summed E-state index contributed by atoms with van der Waals surface area (Å²) in [4.78, 5) is 5.30. The van der Waals surface area contributed by atoms with Crippen molar-refractivity contribution in [1.29, 1.82) is 5.26 Å². The van der Waals surface area contributed by atoms with Crippen molar-refractivity contribution in [2.24, 2.45) is 11.7 Å². The zero-order chi connectivity index (χ0) is 14.0. The van der Waals surface area contributed by atoms with Crippen LogP contribution >= 0.6 is 0 Å². The molecule has 1 unspecified atom stereocenters. The molecule has 1 aromatic heterocycles. The number of nitriles is 1. The second-order valence-corrected chi connectivity index (χ2v) is 4.51. The van der Waals surface area contributed by atoms with E-state index in [-0.39, 0.29) is 17.3 Å². The Morgan fingerprint density at radius 3 is 2.74 bits per heavy atom. The minimum atomic E-state index is -4.50. The molecular formula is C12H13F3N4. The van der Waals surface area contributed by atoms with E-state index in [1.165, 1.54) is 6.07 Å². The first kappa shape index (κ1) is 13.6. The van der Waals surface area contributed by atoms with Crippen LogP contribution in [0.25, 0.3) is 0 Å². The molecule has 0 saturated carbocycles. The smallest absolute Gasteiger partial charge is 0.355 e. The Hall–Kier alpha value is -1.81. The summed E-state index contributed by atoms with van der Waals surface area (Å²) in [7, 11) is 0. The number of rotatable bonds is 2. The normalized spacial score (nSPS) is 19.5. The number of nitrogens with two attached hydrogens (primary N) is 1. The highest BCUT2D eigenvalue weighted by Crippen LogP contribution is 2.31. The monoisotopic (exact) mass is 270 g/mol. The SMILES string of the molecule is N#Cc1ccc(C(F)(F)F)nc1N1CCC(CN)C1. The summed E-state index contributed by atoms with van der Waals surface area (Å²) in [5, 5.41) is 8.97. The van der Waals surface area contributed by atoms with Gasteiger partial charge in [0, 0.05) is 13.1 Å². The van der Waals surface area contributed by atoms with Crippen molar-refractivity contribution in [3.63, 3.8) is 0 Å². The predicted molar refractivity (Wildman–Crippen MR) is 63.3 cm³/mol. The number of nitrogens with zero attached hydrogens (tertiary/aromatic N) is 3. The van der Waals surface area contributed by atoms with Crippen molar-refractivity contribution in [3.8, 4) is 6.07 Å². The molecule has 2 N–H and O–H groups in total. The summed E-state index contributed by atoms with van der Waals surface area (Å²) in [6.07, 6.45) is -3.70. The van der Waals surface area contributed by atoms with Crippen LogP contribution in [0.1, 0.15) is 17.7 Å². The molecule has 0 aromatic carbocycles. The van der Waals surface area contributed by atoms with Crippen molar-refractivity contribution < 1.29 is 13.2 Å². The van der Waals surface area contributed by atoms with Gasteiger partial charge in [0.25, 0.3) is 0 Å². The molecule has 0 bridgehead atoms. The number of pyridine rings is 1. The summed E-state index contributed by atoms with van der Waals surface area (Å²) in [6.45, 7) is 1.60. The number of hydrogen-bond acceptors (Lipinski definition) is 4. The van der Waals surface area contributed by atoms with Gasteiger partial charge in [-0.2, -0.15) is 18.4 Å². The lowest BCUT2D eigenvalue weighted by molar-refractivity contribution is -0.141. The molecule has 4 nitrogen and oxygen atoms in total. The molecule has 1 aliphatic heterocycles. The van der Waals surface area contributed by atoms with Crippen molar-refractivity contribution in [1.82, 2.24) is 4.98 Å². The molecule has 1 aromatic rings. The van der Waals surface area contributed by atoms with Crippen LogP contribution in [0.3, 0.4) is 0 Å². The van der Waals surface area contributed by atoms with Gasteiger partial charge in [-0.1, -0.05) is 0 Å². The van der Waals surface area contributed by atoms with Crippen molar-refractivity contribution in [3.05, 3.63) is 23.4 Å². The van der Waals surface area contributed by atoms with Gasteiger partial charge in [-0.05, 0) is 31.0 Å². The zero-order valence-electron chi connectivity index (χ0n) is 10.1. The van der Waals surface area contributed by atoms with Crippen molar-refractivity contribution in [2.75, 3.05) is 24.5 Å². The quantitative estimate of drug-likeness (QED) is 0.889. The first-order chi connectivity index (χ1) is 8.95. The van der Waals surface area contributed by atoms with Crippen LogP contribution in [0, 0.1) is 17.2 Å². The lowest BCUT2D eigenvalue weighted by atomic mass is 10.1. The van der Waals surface area contributed by atoms with Crippen LogP contribution in [0.4, 0.5) is 19.0 Å². The van der Waals surface area contributed by atoms with E-state index in [0.29, 0.717) is 19.6 Å². The fourth-order valence-corrected chi connectivity index (χ4v) is 2.15. The second-order valence-electron chi connectivity index (χ2n) is 4.51. The van der Waals surface area contributed by atoms with E-state index in [1.807, 2.05) is 6.07 Å². The van der Waals surface area contributed by atoms with Gasteiger partial charge in [0.05, 0.1) is 5.56 Å². The zero-order valence-corrected chi connectivity index (χ0v) is 10.1. The molecule has 1 fully saturated rings. The van der Waals surface area contributed by atoms with E-state index in [1.54, 1.807) is 4.90 Å². The molecule has 1 aliphatic rings. The van der Waals surface area contributed by atoms with Crippen LogP contribution in [-0.4, -0.2) is 24.6 Å². The van der Waals surface area contributed by atoms with Gasteiger partial charge in [-0.3, -0.25) is 0 Å². The number of anilines is 1. The first-order valence-electron chi connectivity index (χ1n) is 5.89. The molecule has 1 saturated heterocycles. The van der Waals surface area contributed by atoms with Crippen LogP contribution in [-0.2, 0) is 6.18 Å². The Labute approximate surface area is 108 Å². The standard InChI is InChI=1S/C12H13F3N4/c13-12(14,15)10-2-1-9(6-17)11(18-10)19-4-3-8(5-16)7-19/h1-2,8H,3-5,7,16H2. The van der Waals surface area contributed by atoms with Gasteiger partial charge in [-0.15, -0.1) is 0 Å². The predicted octanol–water partition coefficient (Wildman–Crippen LogP) is 1.76. The molecule has 102 valence electrons. The topological polar surface area (TPSA) is 65.9 Å². The molecule has 19 heavy (non-hydrogen) atoms. The molecule has 0 radical (unpaired) electrons.